The third-order valence-electron chi connectivity index (χ3n) is 2.52. The van der Waals surface area contributed by atoms with Gasteiger partial charge in [0.05, 0.1) is 10.5 Å². The van der Waals surface area contributed by atoms with Crippen LogP contribution >= 0.6 is 11.3 Å². The molecule has 0 saturated heterocycles. The van der Waals surface area contributed by atoms with Gasteiger partial charge >= 0.3 is 0 Å². The molecule has 0 aliphatic heterocycles. The lowest BCUT2D eigenvalue weighted by molar-refractivity contribution is -0.385. The maximum atomic E-state index is 11.0. The van der Waals surface area contributed by atoms with Crippen LogP contribution in [0.2, 0.25) is 0 Å². The van der Waals surface area contributed by atoms with Crippen molar-refractivity contribution in [3.05, 3.63) is 68.4 Å². The Morgan fingerprint density at radius 2 is 2.06 bits per heavy atom. The normalized spacial score (nSPS) is 9.72. The molecule has 0 aliphatic carbocycles. The Hall–Kier alpha value is -2.45. The predicted molar refractivity (Wildman–Crippen MR) is 70.3 cm³/mol. The van der Waals surface area contributed by atoms with Gasteiger partial charge in [-0.1, -0.05) is 18.7 Å². The molecule has 0 atom stereocenters. The van der Waals surface area contributed by atoms with Crippen molar-refractivity contribution in [2.24, 2.45) is 0 Å². The predicted octanol–water partition coefficient (Wildman–Crippen LogP) is 3.59. The minimum Gasteiger partial charge on any atom is -0.258 e. The number of benzene rings is 1. The Morgan fingerprint density at radius 1 is 1.33 bits per heavy atom. The van der Waals surface area contributed by atoms with Crippen molar-refractivity contribution in [3.63, 3.8) is 0 Å². The molecule has 0 aliphatic rings. The van der Waals surface area contributed by atoms with Gasteiger partial charge in [0.1, 0.15) is 10.9 Å². The van der Waals surface area contributed by atoms with Crippen LogP contribution in [0, 0.1) is 21.4 Å². The van der Waals surface area contributed by atoms with Crippen LogP contribution in [-0.2, 0) is 0 Å². The van der Waals surface area contributed by atoms with Crippen molar-refractivity contribution >= 4 is 22.6 Å². The summed E-state index contributed by atoms with van der Waals surface area (Å²) in [5, 5.41) is 21.7. The Bertz CT molecular complexity index is 668. The van der Waals surface area contributed by atoms with Gasteiger partial charge in [0.15, 0.2) is 0 Å². The van der Waals surface area contributed by atoms with Crippen LogP contribution in [0.3, 0.4) is 0 Å². The fraction of sp³-hybridized carbons (Fsp3) is 0. The summed E-state index contributed by atoms with van der Waals surface area (Å²) < 4.78 is 0. The summed E-state index contributed by atoms with van der Waals surface area (Å²) in [6.07, 6.45) is 0. The van der Waals surface area contributed by atoms with E-state index in [0.717, 1.165) is 0 Å². The van der Waals surface area contributed by atoms with Gasteiger partial charge in [-0.2, -0.15) is 5.26 Å². The Kier molecular flexibility index (Phi) is 3.22. The van der Waals surface area contributed by atoms with E-state index in [1.54, 1.807) is 29.6 Å². The van der Waals surface area contributed by atoms with Crippen molar-refractivity contribution in [3.8, 4) is 6.07 Å². The summed E-state index contributed by atoms with van der Waals surface area (Å²) in [5.74, 6) is 0. The molecule has 2 aromatic rings. The van der Waals surface area contributed by atoms with Crippen LogP contribution in [-0.4, -0.2) is 4.92 Å². The van der Waals surface area contributed by atoms with Crippen LogP contribution in [0.4, 0.5) is 5.69 Å². The van der Waals surface area contributed by atoms with E-state index < -0.39 is 4.92 Å². The lowest BCUT2D eigenvalue weighted by Crippen LogP contribution is -1.95. The average molecular weight is 256 g/mol. The van der Waals surface area contributed by atoms with Gasteiger partial charge in [-0.15, -0.1) is 11.3 Å². The first-order valence-electron chi connectivity index (χ1n) is 5.06. The molecule has 0 bridgehead atoms. The van der Waals surface area contributed by atoms with Crippen molar-refractivity contribution in [2.75, 3.05) is 0 Å². The highest BCUT2D eigenvalue weighted by atomic mass is 32.1. The fourth-order valence-corrected chi connectivity index (χ4v) is 2.38. The molecular weight excluding hydrogens is 248 g/mol. The third kappa shape index (κ3) is 2.01. The highest BCUT2D eigenvalue weighted by Crippen LogP contribution is 2.32. The van der Waals surface area contributed by atoms with Gasteiger partial charge in [-0.05, 0) is 23.1 Å². The lowest BCUT2D eigenvalue weighted by atomic mass is 9.99. The minimum absolute atomic E-state index is 0.00223. The van der Waals surface area contributed by atoms with Crippen LogP contribution in [0.15, 0.2) is 42.3 Å². The number of nitro groups is 1. The Labute approximate surface area is 108 Å². The molecule has 0 amide bonds. The van der Waals surface area contributed by atoms with Gasteiger partial charge in [0.25, 0.3) is 5.69 Å². The number of nitriles is 1. The third-order valence-corrected chi connectivity index (χ3v) is 3.34. The molecule has 0 N–H and O–H groups in total. The van der Waals surface area contributed by atoms with Gasteiger partial charge < -0.3 is 0 Å². The molecule has 0 spiro atoms. The first kappa shape index (κ1) is 12.0. The second kappa shape index (κ2) is 4.82. The number of hydrogen-bond donors (Lipinski definition) is 0. The lowest BCUT2D eigenvalue weighted by Gasteiger charge is -2.05. The SMILES string of the molecule is C=C(c1ccccc1[N+](=O)[O-])c1ccsc1C#N. The van der Waals surface area contributed by atoms with Crippen LogP contribution in [0.25, 0.3) is 5.57 Å². The maximum Gasteiger partial charge on any atom is 0.277 e. The molecule has 1 aromatic carbocycles. The van der Waals surface area contributed by atoms with Crippen molar-refractivity contribution in [1.29, 1.82) is 5.26 Å². The molecule has 2 rings (SSSR count). The maximum absolute atomic E-state index is 11.0. The first-order valence-corrected chi connectivity index (χ1v) is 5.93. The molecule has 1 aromatic heterocycles. The van der Waals surface area contributed by atoms with Crippen LogP contribution in [0.5, 0.6) is 0 Å². The van der Waals surface area contributed by atoms with Crippen molar-refractivity contribution < 1.29 is 4.92 Å². The number of rotatable bonds is 3. The summed E-state index contributed by atoms with van der Waals surface area (Å²) in [7, 11) is 0. The second-order valence-corrected chi connectivity index (χ2v) is 4.44. The van der Waals surface area contributed by atoms with E-state index in [1.807, 2.05) is 0 Å². The number of nitro benzene ring substituents is 1. The molecule has 18 heavy (non-hydrogen) atoms. The van der Waals surface area contributed by atoms with E-state index in [1.165, 1.54) is 17.4 Å². The molecule has 0 fully saturated rings. The molecule has 0 unspecified atom stereocenters. The van der Waals surface area contributed by atoms with E-state index in [2.05, 4.69) is 12.6 Å². The van der Waals surface area contributed by atoms with E-state index in [4.69, 9.17) is 5.26 Å². The van der Waals surface area contributed by atoms with Gasteiger partial charge in [-0.25, -0.2) is 0 Å². The Morgan fingerprint density at radius 3 is 2.72 bits per heavy atom. The van der Waals surface area contributed by atoms with E-state index in [9.17, 15) is 10.1 Å². The van der Waals surface area contributed by atoms with E-state index in [-0.39, 0.29) is 5.69 Å². The first-order chi connectivity index (χ1) is 8.65. The molecule has 88 valence electrons. The summed E-state index contributed by atoms with van der Waals surface area (Å²) >= 11 is 1.29. The number of thiophene rings is 1. The Balaban J connectivity index is 2.54. The molecule has 5 heteroatoms. The van der Waals surface area contributed by atoms with Crippen LogP contribution < -0.4 is 0 Å². The largest absolute Gasteiger partial charge is 0.277 e. The number of para-hydroxylation sites is 1. The zero-order valence-corrected chi connectivity index (χ0v) is 10.1. The molecule has 0 radical (unpaired) electrons. The zero-order chi connectivity index (χ0) is 13.1. The van der Waals surface area contributed by atoms with Crippen LogP contribution in [0.1, 0.15) is 16.0 Å². The van der Waals surface area contributed by atoms with Gasteiger partial charge in [0, 0.05) is 11.6 Å². The van der Waals surface area contributed by atoms with Gasteiger partial charge in [0.2, 0.25) is 0 Å². The highest BCUT2D eigenvalue weighted by Gasteiger charge is 2.18. The molecule has 1 heterocycles. The summed E-state index contributed by atoms with van der Waals surface area (Å²) in [6, 6.07) is 10.2. The standard InChI is InChI=1S/C13H8N2O2S/c1-9(11-6-7-18-13(11)8-14)10-4-2-3-5-12(10)15(16)17/h2-7H,1H2. The second-order valence-electron chi connectivity index (χ2n) is 3.53. The molecular formula is C13H8N2O2S. The highest BCUT2D eigenvalue weighted by molar-refractivity contribution is 7.10. The number of hydrogen-bond acceptors (Lipinski definition) is 4. The minimum atomic E-state index is -0.446. The summed E-state index contributed by atoms with van der Waals surface area (Å²) in [5.41, 5.74) is 1.59. The smallest absolute Gasteiger partial charge is 0.258 e. The number of nitrogens with zero attached hydrogens (tertiary/aromatic N) is 2. The quantitative estimate of drug-likeness (QED) is 0.622. The van der Waals surface area contributed by atoms with Gasteiger partial charge in [-0.3, -0.25) is 10.1 Å². The zero-order valence-electron chi connectivity index (χ0n) is 9.29. The van der Waals surface area contributed by atoms with Crippen molar-refractivity contribution in [2.45, 2.75) is 0 Å². The van der Waals surface area contributed by atoms with Crippen molar-refractivity contribution in [1.82, 2.24) is 0 Å². The topological polar surface area (TPSA) is 66.9 Å². The monoisotopic (exact) mass is 256 g/mol. The molecule has 4 nitrogen and oxygen atoms in total. The van der Waals surface area contributed by atoms with E-state index >= 15 is 0 Å². The average Bonchev–Trinajstić information content (AvgIpc) is 2.86. The summed E-state index contributed by atoms with van der Waals surface area (Å²) in [4.78, 5) is 11.0. The van der Waals surface area contributed by atoms with E-state index in [0.29, 0.717) is 21.6 Å². The molecule has 0 saturated carbocycles. The fourth-order valence-electron chi connectivity index (χ4n) is 1.67. The summed E-state index contributed by atoms with van der Waals surface area (Å²) in [6.45, 7) is 3.87.